The SMILES string of the molecule is Cc1c(C=O)c(-c2cccc(N3CCN(c4ccc(N[S+]([O-])C5C=C(N)[C@@](C)(NSc6ccccc6)CC5)cc4)CC3)c2)c(-c2ccc(F)cc2)n1C. The van der Waals surface area contributed by atoms with Crippen LogP contribution in [0.4, 0.5) is 21.5 Å². The normalized spacial score (nSPS) is 19.5. The Labute approximate surface area is 318 Å². The van der Waals surface area contributed by atoms with Gasteiger partial charge in [-0.25, -0.2) is 13.8 Å². The van der Waals surface area contributed by atoms with Gasteiger partial charge in [0.15, 0.2) is 11.5 Å². The van der Waals surface area contributed by atoms with Crippen molar-refractivity contribution in [3.05, 3.63) is 132 Å². The largest absolute Gasteiger partial charge is 0.593 e. The highest BCUT2D eigenvalue weighted by Gasteiger charge is 2.37. The number of carbonyl (C=O) groups excluding carboxylic acids is 1. The van der Waals surface area contributed by atoms with E-state index in [-0.39, 0.29) is 16.6 Å². The van der Waals surface area contributed by atoms with Crippen molar-refractivity contribution in [1.29, 1.82) is 0 Å². The molecule has 1 aliphatic heterocycles. The van der Waals surface area contributed by atoms with Gasteiger partial charge in [-0.3, -0.25) is 4.79 Å². The first-order valence-electron chi connectivity index (χ1n) is 17.9. The molecule has 0 amide bonds. The Morgan fingerprint density at radius 2 is 1.58 bits per heavy atom. The molecule has 2 unspecified atom stereocenters. The summed E-state index contributed by atoms with van der Waals surface area (Å²) in [7, 11) is 1.94. The van der Waals surface area contributed by atoms with E-state index >= 15 is 0 Å². The monoisotopic (exact) mass is 748 g/mol. The van der Waals surface area contributed by atoms with Crippen LogP contribution < -0.4 is 25.0 Å². The maximum atomic E-state index is 13.8. The molecule has 4 N–H and O–H groups in total. The number of nitrogens with two attached hydrogens (primary N) is 1. The summed E-state index contributed by atoms with van der Waals surface area (Å²) in [6.07, 6.45) is 4.40. The van der Waals surface area contributed by atoms with Gasteiger partial charge in [0.05, 0.1) is 28.3 Å². The van der Waals surface area contributed by atoms with Crippen LogP contribution in [0.15, 0.2) is 120 Å². The van der Waals surface area contributed by atoms with Crippen molar-refractivity contribution in [2.45, 2.75) is 42.4 Å². The van der Waals surface area contributed by atoms with E-state index in [9.17, 15) is 13.7 Å². The van der Waals surface area contributed by atoms with Crippen LogP contribution in [0.2, 0.25) is 0 Å². The molecule has 4 aromatic carbocycles. The summed E-state index contributed by atoms with van der Waals surface area (Å²) in [6, 6.07) is 33.1. The van der Waals surface area contributed by atoms with E-state index < -0.39 is 11.4 Å². The van der Waals surface area contributed by atoms with Crippen molar-refractivity contribution >= 4 is 46.7 Å². The molecule has 11 heteroatoms. The summed E-state index contributed by atoms with van der Waals surface area (Å²) in [6.45, 7) is 7.39. The van der Waals surface area contributed by atoms with Crippen LogP contribution >= 0.6 is 11.9 Å². The molecule has 0 radical (unpaired) electrons. The Kier molecular flexibility index (Phi) is 10.9. The van der Waals surface area contributed by atoms with E-state index in [1.807, 2.05) is 67.1 Å². The van der Waals surface area contributed by atoms with E-state index in [1.165, 1.54) is 12.1 Å². The first-order valence-corrected chi connectivity index (χ1v) is 19.9. The summed E-state index contributed by atoms with van der Waals surface area (Å²) in [5.41, 5.74) is 15.0. The molecule has 2 aliphatic rings. The molecule has 0 bridgehead atoms. The molecule has 274 valence electrons. The number of carbonyl (C=O) groups is 1. The predicted octanol–water partition coefficient (Wildman–Crippen LogP) is 8.08. The molecule has 1 fully saturated rings. The quantitative estimate of drug-likeness (QED) is 0.0709. The highest BCUT2D eigenvalue weighted by molar-refractivity contribution is 7.97. The summed E-state index contributed by atoms with van der Waals surface area (Å²) < 4.78 is 35.9. The second-order valence-electron chi connectivity index (χ2n) is 13.9. The van der Waals surface area contributed by atoms with Gasteiger partial charge < -0.3 is 24.7 Å². The fourth-order valence-electron chi connectivity index (χ4n) is 7.20. The lowest BCUT2D eigenvalue weighted by molar-refractivity contribution is 0.112. The van der Waals surface area contributed by atoms with Crippen LogP contribution in [-0.4, -0.2) is 52.4 Å². The number of anilines is 3. The third-order valence-electron chi connectivity index (χ3n) is 10.5. The van der Waals surface area contributed by atoms with Gasteiger partial charge in [-0.2, -0.15) is 0 Å². The van der Waals surface area contributed by atoms with Crippen molar-refractivity contribution in [2.24, 2.45) is 12.8 Å². The van der Waals surface area contributed by atoms with Crippen molar-refractivity contribution in [3.63, 3.8) is 0 Å². The minimum atomic E-state index is -1.32. The van der Waals surface area contributed by atoms with Crippen molar-refractivity contribution in [1.82, 2.24) is 9.29 Å². The zero-order valence-electron chi connectivity index (χ0n) is 30.2. The first kappa shape index (κ1) is 36.7. The van der Waals surface area contributed by atoms with Gasteiger partial charge in [-0.05, 0) is 122 Å². The molecule has 3 atom stereocenters. The average Bonchev–Trinajstić information content (AvgIpc) is 3.45. The van der Waals surface area contributed by atoms with Crippen LogP contribution in [0.1, 0.15) is 35.8 Å². The molecular weight excluding hydrogens is 704 g/mol. The molecule has 8 nitrogen and oxygen atoms in total. The summed E-state index contributed by atoms with van der Waals surface area (Å²) >= 11 is 0.249. The third-order valence-corrected chi connectivity index (χ3v) is 13.0. The number of nitrogens with one attached hydrogen (secondary N) is 2. The highest BCUT2D eigenvalue weighted by Crippen LogP contribution is 2.39. The molecule has 5 aromatic rings. The predicted molar refractivity (Wildman–Crippen MR) is 218 cm³/mol. The summed E-state index contributed by atoms with van der Waals surface area (Å²) in [5.74, 6) is -0.295. The second-order valence-corrected chi connectivity index (χ2v) is 16.2. The molecule has 0 saturated carbocycles. The Bertz CT molecular complexity index is 2080. The van der Waals surface area contributed by atoms with Gasteiger partial charge in [0.2, 0.25) is 0 Å². The molecule has 0 spiro atoms. The Hall–Kier alpha value is -4.68. The van der Waals surface area contributed by atoms with Gasteiger partial charge >= 0.3 is 0 Å². The van der Waals surface area contributed by atoms with Gasteiger partial charge in [0, 0.05) is 78.4 Å². The van der Waals surface area contributed by atoms with Crippen LogP contribution in [0.5, 0.6) is 0 Å². The van der Waals surface area contributed by atoms with Crippen molar-refractivity contribution in [3.8, 4) is 22.4 Å². The van der Waals surface area contributed by atoms with Crippen LogP contribution in [0.25, 0.3) is 22.4 Å². The van der Waals surface area contributed by atoms with E-state index in [0.717, 1.165) is 95.3 Å². The number of halogens is 1. The van der Waals surface area contributed by atoms with Crippen molar-refractivity contribution in [2.75, 3.05) is 40.7 Å². The van der Waals surface area contributed by atoms with Gasteiger partial charge in [0.1, 0.15) is 5.82 Å². The third kappa shape index (κ3) is 7.84. The lowest BCUT2D eigenvalue weighted by Gasteiger charge is -2.37. The van der Waals surface area contributed by atoms with Crippen LogP contribution in [0, 0.1) is 12.7 Å². The minimum Gasteiger partial charge on any atom is -0.593 e. The molecular formula is C42H45FN6O2S2. The van der Waals surface area contributed by atoms with Crippen LogP contribution in [-0.2, 0) is 18.4 Å². The fraction of sp³-hybridized carbons (Fsp3) is 0.262. The molecule has 1 aliphatic carbocycles. The number of rotatable bonds is 11. The van der Waals surface area contributed by atoms with Gasteiger partial charge in [-0.15, -0.1) is 0 Å². The maximum absolute atomic E-state index is 13.8. The number of aromatic nitrogens is 1. The number of hydrogen-bond acceptors (Lipinski definition) is 8. The topological polar surface area (TPSA) is 102 Å². The Morgan fingerprint density at radius 1 is 0.906 bits per heavy atom. The lowest BCUT2D eigenvalue weighted by atomic mass is 9.87. The minimum absolute atomic E-state index is 0.178. The lowest BCUT2D eigenvalue weighted by Crippen LogP contribution is -2.48. The second kappa shape index (κ2) is 15.7. The highest BCUT2D eigenvalue weighted by atomic mass is 32.2. The number of hydrogen-bond donors (Lipinski definition) is 3. The van der Waals surface area contributed by atoms with E-state index in [4.69, 9.17) is 5.73 Å². The number of piperazine rings is 1. The number of benzene rings is 4. The van der Waals surface area contributed by atoms with Gasteiger partial charge in [-0.1, -0.05) is 30.3 Å². The summed E-state index contributed by atoms with van der Waals surface area (Å²) in [5, 5.41) is -0.178. The van der Waals surface area contributed by atoms with Crippen molar-refractivity contribution < 1.29 is 13.7 Å². The molecule has 1 saturated heterocycles. The first-order chi connectivity index (χ1) is 25.6. The van der Waals surface area contributed by atoms with E-state index in [1.54, 1.807) is 24.1 Å². The average molecular weight is 749 g/mol. The number of nitrogens with zero attached hydrogens (tertiary/aromatic N) is 3. The Morgan fingerprint density at radius 3 is 2.25 bits per heavy atom. The zero-order valence-corrected chi connectivity index (χ0v) is 31.9. The number of aldehydes is 1. The standard InChI is InChI=1S/C42H45FN6O2S2/c1-29-38(28-50)40(41(47(29)3)30-12-14-32(43)15-13-30)31-8-7-9-35(26-31)49-24-22-48(23-25-49)34-18-16-33(17-19-34)45-53(51)37-20-21-42(2,39(44)27-37)46-52-36-10-5-4-6-11-36/h4-19,26-28,37,45-46H,20-25,44H2,1-3H3/t37?,42-,53?/m0/s1. The molecule has 53 heavy (non-hydrogen) atoms. The fourth-order valence-corrected chi connectivity index (χ4v) is 9.18. The van der Waals surface area contributed by atoms with Crippen LogP contribution in [0.3, 0.4) is 0 Å². The van der Waals surface area contributed by atoms with E-state index in [2.05, 4.69) is 62.6 Å². The van der Waals surface area contributed by atoms with E-state index in [0.29, 0.717) is 11.3 Å². The maximum Gasteiger partial charge on any atom is 0.161 e. The zero-order chi connectivity index (χ0) is 37.1. The molecule has 1 aromatic heterocycles. The smallest absolute Gasteiger partial charge is 0.161 e. The van der Waals surface area contributed by atoms with Gasteiger partial charge in [0.25, 0.3) is 0 Å². The molecule has 7 rings (SSSR count). The molecule has 2 heterocycles. The summed E-state index contributed by atoms with van der Waals surface area (Å²) in [4.78, 5) is 18.2. The Balaban J connectivity index is 0.970.